The molecular formula is C16H22ClN3O3. The Morgan fingerprint density at radius 1 is 1.09 bits per heavy atom. The monoisotopic (exact) mass is 339 g/mol. The number of benzene rings is 1. The van der Waals surface area contributed by atoms with Gasteiger partial charge < -0.3 is 16.4 Å². The van der Waals surface area contributed by atoms with Gasteiger partial charge in [-0.15, -0.1) is 11.6 Å². The second kappa shape index (κ2) is 9.27. The van der Waals surface area contributed by atoms with E-state index in [1.165, 1.54) is 13.8 Å². The third kappa shape index (κ3) is 6.38. The molecule has 0 radical (unpaired) electrons. The van der Waals surface area contributed by atoms with Crippen LogP contribution in [0.5, 0.6) is 0 Å². The van der Waals surface area contributed by atoms with Crippen LogP contribution in [-0.2, 0) is 20.8 Å². The Labute approximate surface area is 140 Å². The Bertz CT molecular complexity index is 549. The topological polar surface area (TPSA) is 101 Å². The number of rotatable bonds is 8. The van der Waals surface area contributed by atoms with Crippen molar-refractivity contribution in [2.75, 3.05) is 5.88 Å². The molecule has 7 heteroatoms. The summed E-state index contributed by atoms with van der Waals surface area (Å²) in [7, 11) is 0. The first-order chi connectivity index (χ1) is 10.8. The van der Waals surface area contributed by atoms with Crippen molar-refractivity contribution in [2.24, 2.45) is 5.73 Å². The Kier molecular flexibility index (Phi) is 7.71. The molecule has 126 valence electrons. The van der Waals surface area contributed by atoms with Gasteiger partial charge in [-0.25, -0.2) is 0 Å². The molecule has 0 saturated heterocycles. The minimum atomic E-state index is -0.796. The van der Waals surface area contributed by atoms with Crippen molar-refractivity contribution >= 4 is 29.2 Å². The fourth-order valence-electron chi connectivity index (χ4n) is 1.90. The number of hydrogen-bond acceptors (Lipinski definition) is 4. The van der Waals surface area contributed by atoms with Gasteiger partial charge >= 0.3 is 0 Å². The minimum Gasteiger partial charge on any atom is -0.344 e. The van der Waals surface area contributed by atoms with Crippen molar-refractivity contribution in [2.45, 2.75) is 38.4 Å². The Morgan fingerprint density at radius 3 is 2.22 bits per heavy atom. The standard InChI is InChI=1S/C16H22ClN3O3/c1-10(18)15(22)19-11(2)16(23)20-13(14(21)9-17)8-12-6-4-3-5-7-12/h3-7,10-11,13H,8-9,18H2,1-2H3,(H,19,22)(H,20,23). The fourth-order valence-corrected chi connectivity index (χ4v) is 2.08. The first kappa shape index (κ1) is 19.1. The highest BCUT2D eigenvalue weighted by atomic mass is 35.5. The molecule has 23 heavy (non-hydrogen) atoms. The van der Waals surface area contributed by atoms with Crippen molar-refractivity contribution in [3.63, 3.8) is 0 Å². The number of ketones is 1. The largest absolute Gasteiger partial charge is 0.344 e. The van der Waals surface area contributed by atoms with E-state index in [0.29, 0.717) is 6.42 Å². The van der Waals surface area contributed by atoms with Crippen LogP contribution in [0.2, 0.25) is 0 Å². The lowest BCUT2D eigenvalue weighted by Crippen LogP contribution is -2.53. The average Bonchev–Trinajstić information content (AvgIpc) is 2.54. The van der Waals surface area contributed by atoms with E-state index in [9.17, 15) is 14.4 Å². The zero-order chi connectivity index (χ0) is 17.4. The lowest BCUT2D eigenvalue weighted by atomic mass is 10.0. The van der Waals surface area contributed by atoms with E-state index in [4.69, 9.17) is 17.3 Å². The fraction of sp³-hybridized carbons (Fsp3) is 0.438. The number of amides is 2. The molecule has 1 rings (SSSR count). The maximum atomic E-state index is 12.2. The Morgan fingerprint density at radius 2 is 1.70 bits per heavy atom. The smallest absolute Gasteiger partial charge is 0.242 e. The number of carbonyl (C=O) groups excluding carboxylic acids is 3. The minimum absolute atomic E-state index is 0.196. The molecule has 6 nitrogen and oxygen atoms in total. The molecule has 0 aliphatic rings. The molecule has 0 heterocycles. The summed E-state index contributed by atoms with van der Waals surface area (Å²) in [6.07, 6.45) is 0.339. The highest BCUT2D eigenvalue weighted by Crippen LogP contribution is 2.05. The number of Topliss-reactive ketones (excluding diaryl/α,β-unsaturated/α-hetero) is 1. The molecule has 3 unspecified atom stereocenters. The predicted octanol–water partition coefficient (Wildman–Crippen LogP) is 0.374. The van der Waals surface area contributed by atoms with Crippen LogP contribution in [0.3, 0.4) is 0 Å². The van der Waals surface area contributed by atoms with Gasteiger partial charge in [-0.3, -0.25) is 14.4 Å². The van der Waals surface area contributed by atoms with Crippen LogP contribution >= 0.6 is 11.6 Å². The Hall–Kier alpha value is -1.92. The summed E-state index contributed by atoms with van der Waals surface area (Å²) < 4.78 is 0. The SMILES string of the molecule is CC(N)C(=O)NC(C)C(=O)NC(Cc1ccccc1)C(=O)CCl. The summed E-state index contributed by atoms with van der Waals surface area (Å²) >= 11 is 5.61. The summed E-state index contributed by atoms with van der Waals surface area (Å²) in [5.74, 6) is -1.37. The highest BCUT2D eigenvalue weighted by molar-refractivity contribution is 6.28. The van der Waals surface area contributed by atoms with Crippen LogP contribution in [0.15, 0.2) is 30.3 Å². The van der Waals surface area contributed by atoms with E-state index in [1.807, 2.05) is 30.3 Å². The van der Waals surface area contributed by atoms with Crippen molar-refractivity contribution in [1.82, 2.24) is 10.6 Å². The first-order valence-electron chi connectivity index (χ1n) is 7.34. The lowest BCUT2D eigenvalue weighted by molar-refractivity contribution is -0.131. The Balaban J connectivity index is 2.71. The number of halogens is 1. The van der Waals surface area contributed by atoms with E-state index < -0.39 is 29.9 Å². The maximum absolute atomic E-state index is 12.2. The van der Waals surface area contributed by atoms with Crippen LogP contribution in [-0.4, -0.2) is 41.6 Å². The highest BCUT2D eigenvalue weighted by Gasteiger charge is 2.24. The van der Waals surface area contributed by atoms with Gasteiger partial charge in [0, 0.05) is 0 Å². The van der Waals surface area contributed by atoms with Crippen molar-refractivity contribution in [3.8, 4) is 0 Å². The second-order valence-corrected chi connectivity index (χ2v) is 5.64. The summed E-state index contributed by atoms with van der Waals surface area (Å²) in [5.41, 5.74) is 6.35. The summed E-state index contributed by atoms with van der Waals surface area (Å²) in [4.78, 5) is 35.6. The van der Waals surface area contributed by atoms with Crippen LogP contribution in [0.4, 0.5) is 0 Å². The molecule has 0 aromatic heterocycles. The van der Waals surface area contributed by atoms with Crippen LogP contribution in [0.25, 0.3) is 0 Å². The third-order valence-electron chi connectivity index (χ3n) is 3.29. The number of nitrogens with one attached hydrogen (secondary N) is 2. The molecule has 3 atom stereocenters. The molecule has 0 aliphatic heterocycles. The van der Waals surface area contributed by atoms with Gasteiger partial charge in [-0.05, 0) is 25.8 Å². The third-order valence-corrected chi connectivity index (χ3v) is 3.55. The quantitative estimate of drug-likeness (QED) is 0.596. The molecular weight excluding hydrogens is 318 g/mol. The summed E-state index contributed by atoms with van der Waals surface area (Å²) in [5, 5.41) is 5.12. The number of hydrogen-bond donors (Lipinski definition) is 3. The van der Waals surface area contributed by atoms with E-state index in [0.717, 1.165) is 5.56 Å². The lowest BCUT2D eigenvalue weighted by Gasteiger charge is -2.21. The van der Waals surface area contributed by atoms with Crippen LogP contribution < -0.4 is 16.4 Å². The second-order valence-electron chi connectivity index (χ2n) is 5.37. The normalized spacial score (nSPS) is 14.4. The molecule has 0 bridgehead atoms. The molecule has 2 amide bonds. The van der Waals surface area contributed by atoms with E-state index in [1.54, 1.807) is 0 Å². The number of alkyl halides is 1. The zero-order valence-corrected chi connectivity index (χ0v) is 14.0. The molecule has 0 saturated carbocycles. The number of nitrogens with two attached hydrogens (primary N) is 1. The molecule has 4 N–H and O–H groups in total. The van der Waals surface area contributed by atoms with E-state index in [2.05, 4.69) is 10.6 Å². The summed E-state index contributed by atoms with van der Waals surface area (Å²) in [6, 6.07) is 7.05. The molecule has 1 aromatic rings. The summed E-state index contributed by atoms with van der Waals surface area (Å²) in [6.45, 7) is 3.05. The van der Waals surface area contributed by atoms with Crippen LogP contribution in [0.1, 0.15) is 19.4 Å². The van der Waals surface area contributed by atoms with Crippen molar-refractivity contribution in [3.05, 3.63) is 35.9 Å². The van der Waals surface area contributed by atoms with Gasteiger partial charge in [0.2, 0.25) is 11.8 Å². The van der Waals surface area contributed by atoms with Gasteiger partial charge in [0.25, 0.3) is 0 Å². The number of carbonyl (C=O) groups is 3. The van der Waals surface area contributed by atoms with E-state index >= 15 is 0 Å². The van der Waals surface area contributed by atoms with Gasteiger partial charge in [-0.1, -0.05) is 30.3 Å². The van der Waals surface area contributed by atoms with Gasteiger partial charge in [-0.2, -0.15) is 0 Å². The van der Waals surface area contributed by atoms with E-state index in [-0.39, 0.29) is 11.7 Å². The molecule has 0 spiro atoms. The predicted molar refractivity (Wildman–Crippen MR) is 89.1 cm³/mol. The van der Waals surface area contributed by atoms with Crippen molar-refractivity contribution < 1.29 is 14.4 Å². The molecule has 0 aliphatic carbocycles. The maximum Gasteiger partial charge on any atom is 0.242 e. The average molecular weight is 340 g/mol. The van der Waals surface area contributed by atoms with Gasteiger partial charge in [0.15, 0.2) is 5.78 Å². The zero-order valence-electron chi connectivity index (χ0n) is 13.2. The molecule has 1 aromatic carbocycles. The first-order valence-corrected chi connectivity index (χ1v) is 7.87. The van der Waals surface area contributed by atoms with Gasteiger partial charge in [0.05, 0.1) is 18.0 Å². The van der Waals surface area contributed by atoms with Crippen LogP contribution in [0, 0.1) is 0 Å². The van der Waals surface area contributed by atoms with Gasteiger partial charge in [0.1, 0.15) is 6.04 Å². The molecule has 0 fully saturated rings. The van der Waals surface area contributed by atoms with Crippen molar-refractivity contribution in [1.29, 1.82) is 0 Å².